The second-order valence-corrected chi connectivity index (χ2v) is 5.74. The summed E-state index contributed by atoms with van der Waals surface area (Å²) in [7, 11) is 0. The monoisotopic (exact) mass is 319 g/mol. The number of aromatic nitrogens is 2. The van der Waals surface area contributed by atoms with Crippen molar-refractivity contribution in [3.8, 4) is 0 Å². The highest BCUT2D eigenvalue weighted by Gasteiger charge is 2.33. The Kier molecular flexibility index (Phi) is 4.38. The lowest BCUT2D eigenvalue weighted by atomic mass is 10.1. The Hall–Kier alpha value is -2.28. The standard InChI is InChI=1S/C16H18FN3O3/c1-10(2)15-18-14(19-23-15)13-9-22-8-7-20(13)16(21)11-3-5-12(17)6-4-11/h3-6,10,13H,7-9H2,1-2H3/t13-/m0/s1. The van der Waals surface area contributed by atoms with E-state index in [1.54, 1.807) is 4.90 Å². The van der Waals surface area contributed by atoms with Gasteiger partial charge in [-0.3, -0.25) is 4.79 Å². The Labute approximate surface area is 133 Å². The van der Waals surface area contributed by atoms with Gasteiger partial charge in [-0.15, -0.1) is 0 Å². The summed E-state index contributed by atoms with van der Waals surface area (Å²) in [4.78, 5) is 18.7. The van der Waals surface area contributed by atoms with Crippen molar-refractivity contribution in [2.45, 2.75) is 25.8 Å². The third-order valence-electron chi connectivity index (χ3n) is 3.73. The molecule has 0 radical (unpaired) electrons. The van der Waals surface area contributed by atoms with Gasteiger partial charge in [0, 0.05) is 18.0 Å². The molecule has 2 heterocycles. The Morgan fingerprint density at radius 3 is 2.74 bits per heavy atom. The Bertz CT molecular complexity index is 684. The average molecular weight is 319 g/mol. The minimum Gasteiger partial charge on any atom is -0.377 e. The van der Waals surface area contributed by atoms with Gasteiger partial charge in [-0.1, -0.05) is 19.0 Å². The molecule has 6 nitrogen and oxygen atoms in total. The fourth-order valence-electron chi connectivity index (χ4n) is 2.44. The maximum atomic E-state index is 13.0. The highest BCUT2D eigenvalue weighted by molar-refractivity contribution is 5.94. The molecule has 0 saturated carbocycles. The van der Waals surface area contributed by atoms with Gasteiger partial charge in [0.25, 0.3) is 5.91 Å². The van der Waals surface area contributed by atoms with Crippen LogP contribution in [0.25, 0.3) is 0 Å². The van der Waals surface area contributed by atoms with E-state index in [0.717, 1.165) is 0 Å². The van der Waals surface area contributed by atoms with Crippen molar-refractivity contribution in [2.75, 3.05) is 19.8 Å². The van der Waals surface area contributed by atoms with E-state index in [1.807, 2.05) is 13.8 Å². The van der Waals surface area contributed by atoms with Crippen LogP contribution in [-0.4, -0.2) is 40.7 Å². The van der Waals surface area contributed by atoms with Crippen LogP contribution in [-0.2, 0) is 4.74 Å². The maximum absolute atomic E-state index is 13.0. The maximum Gasteiger partial charge on any atom is 0.254 e. The van der Waals surface area contributed by atoms with Gasteiger partial charge in [-0.25, -0.2) is 4.39 Å². The molecule has 1 aliphatic rings. The molecule has 1 fully saturated rings. The second kappa shape index (κ2) is 6.45. The van der Waals surface area contributed by atoms with Gasteiger partial charge in [-0.05, 0) is 24.3 Å². The zero-order valence-corrected chi connectivity index (χ0v) is 13.0. The number of nitrogens with zero attached hydrogens (tertiary/aromatic N) is 3. The zero-order chi connectivity index (χ0) is 16.4. The molecule has 0 spiro atoms. The van der Waals surface area contributed by atoms with Crippen LogP contribution >= 0.6 is 0 Å². The van der Waals surface area contributed by atoms with Crippen molar-refractivity contribution in [1.29, 1.82) is 0 Å². The quantitative estimate of drug-likeness (QED) is 0.869. The number of ether oxygens (including phenoxy) is 1. The van der Waals surface area contributed by atoms with Crippen molar-refractivity contribution in [3.05, 3.63) is 47.4 Å². The van der Waals surface area contributed by atoms with Gasteiger partial charge in [0.2, 0.25) is 5.89 Å². The first-order valence-corrected chi connectivity index (χ1v) is 7.54. The van der Waals surface area contributed by atoms with Gasteiger partial charge in [0.1, 0.15) is 11.9 Å². The predicted octanol–water partition coefficient (Wildman–Crippen LogP) is 2.55. The highest BCUT2D eigenvalue weighted by Crippen LogP contribution is 2.25. The minimum absolute atomic E-state index is 0.113. The molecule has 2 aromatic rings. The molecule has 0 unspecified atom stereocenters. The van der Waals surface area contributed by atoms with E-state index in [4.69, 9.17) is 9.26 Å². The fraction of sp³-hybridized carbons (Fsp3) is 0.438. The summed E-state index contributed by atoms with van der Waals surface area (Å²) in [5, 5.41) is 3.98. The van der Waals surface area contributed by atoms with E-state index >= 15 is 0 Å². The normalized spacial score (nSPS) is 18.4. The van der Waals surface area contributed by atoms with Gasteiger partial charge in [0.05, 0.1) is 13.2 Å². The first kappa shape index (κ1) is 15.6. The summed E-state index contributed by atoms with van der Waals surface area (Å²) in [5.41, 5.74) is 0.422. The molecule has 3 rings (SSSR count). The molecule has 7 heteroatoms. The van der Waals surface area contributed by atoms with E-state index in [2.05, 4.69) is 10.1 Å². The molecular formula is C16H18FN3O3. The van der Waals surface area contributed by atoms with Crippen molar-refractivity contribution in [1.82, 2.24) is 15.0 Å². The van der Waals surface area contributed by atoms with Gasteiger partial charge >= 0.3 is 0 Å². The Morgan fingerprint density at radius 2 is 2.09 bits per heavy atom. The number of carbonyl (C=O) groups is 1. The van der Waals surface area contributed by atoms with Crippen molar-refractivity contribution in [2.24, 2.45) is 0 Å². The van der Waals surface area contributed by atoms with Crippen LogP contribution in [0.1, 0.15) is 47.9 Å². The topological polar surface area (TPSA) is 68.5 Å². The SMILES string of the molecule is CC(C)c1nc([C@@H]2COCCN2C(=O)c2ccc(F)cc2)no1. The number of benzene rings is 1. The summed E-state index contributed by atoms with van der Waals surface area (Å²) in [6.45, 7) is 5.08. The van der Waals surface area contributed by atoms with E-state index < -0.39 is 6.04 Å². The van der Waals surface area contributed by atoms with Gasteiger partial charge in [-0.2, -0.15) is 4.98 Å². The smallest absolute Gasteiger partial charge is 0.254 e. The van der Waals surface area contributed by atoms with E-state index in [-0.39, 0.29) is 17.6 Å². The number of carbonyl (C=O) groups excluding carboxylic acids is 1. The van der Waals surface area contributed by atoms with Crippen LogP contribution in [0.5, 0.6) is 0 Å². The molecule has 0 bridgehead atoms. The van der Waals surface area contributed by atoms with Gasteiger partial charge in [0.15, 0.2) is 5.82 Å². The lowest BCUT2D eigenvalue weighted by Crippen LogP contribution is -2.43. The molecule has 1 aromatic heterocycles. The summed E-state index contributed by atoms with van der Waals surface area (Å²) in [5.74, 6) is 0.500. The largest absolute Gasteiger partial charge is 0.377 e. The Morgan fingerprint density at radius 1 is 1.35 bits per heavy atom. The van der Waals surface area contributed by atoms with Crippen molar-refractivity contribution in [3.63, 3.8) is 0 Å². The first-order chi connectivity index (χ1) is 11.1. The average Bonchev–Trinajstić information content (AvgIpc) is 3.05. The van der Waals surface area contributed by atoms with Crippen molar-refractivity contribution < 1.29 is 18.4 Å². The molecule has 122 valence electrons. The fourth-order valence-corrected chi connectivity index (χ4v) is 2.44. The lowest BCUT2D eigenvalue weighted by Gasteiger charge is -2.33. The number of hydrogen-bond acceptors (Lipinski definition) is 5. The lowest BCUT2D eigenvalue weighted by molar-refractivity contribution is -0.00577. The second-order valence-electron chi connectivity index (χ2n) is 5.74. The summed E-state index contributed by atoms with van der Waals surface area (Å²) >= 11 is 0. The number of halogens is 1. The molecule has 0 aliphatic carbocycles. The van der Waals surface area contributed by atoms with Crippen LogP contribution in [0.3, 0.4) is 0 Å². The zero-order valence-electron chi connectivity index (χ0n) is 13.0. The third-order valence-corrected chi connectivity index (χ3v) is 3.73. The van der Waals surface area contributed by atoms with Crippen molar-refractivity contribution >= 4 is 5.91 Å². The minimum atomic E-state index is -0.405. The summed E-state index contributed by atoms with van der Waals surface area (Å²) < 4.78 is 23.7. The molecular weight excluding hydrogens is 301 g/mol. The van der Waals surface area contributed by atoms with E-state index in [9.17, 15) is 9.18 Å². The summed E-state index contributed by atoms with van der Waals surface area (Å²) in [6, 6.07) is 5.08. The number of morpholine rings is 1. The third kappa shape index (κ3) is 3.24. The molecule has 23 heavy (non-hydrogen) atoms. The number of hydrogen-bond donors (Lipinski definition) is 0. The van der Waals surface area contributed by atoms with Crippen LogP contribution in [0.2, 0.25) is 0 Å². The van der Waals surface area contributed by atoms with Crippen LogP contribution in [0, 0.1) is 5.82 Å². The van der Waals surface area contributed by atoms with Crippen LogP contribution < -0.4 is 0 Å². The van der Waals surface area contributed by atoms with E-state index in [1.165, 1.54) is 24.3 Å². The highest BCUT2D eigenvalue weighted by atomic mass is 19.1. The Balaban J connectivity index is 1.85. The molecule has 1 aromatic carbocycles. The molecule has 0 N–H and O–H groups in total. The number of rotatable bonds is 3. The molecule has 1 saturated heterocycles. The molecule has 1 aliphatic heterocycles. The predicted molar refractivity (Wildman–Crippen MR) is 79.4 cm³/mol. The molecule has 1 amide bonds. The van der Waals surface area contributed by atoms with Crippen LogP contribution in [0.4, 0.5) is 4.39 Å². The first-order valence-electron chi connectivity index (χ1n) is 7.54. The van der Waals surface area contributed by atoms with Crippen LogP contribution in [0.15, 0.2) is 28.8 Å². The molecule has 1 atom stereocenters. The summed E-state index contributed by atoms with van der Waals surface area (Å²) in [6.07, 6.45) is 0. The van der Waals surface area contributed by atoms with Gasteiger partial charge < -0.3 is 14.2 Å². The van der Waals surface area contributed by atoms with E-state index in [0.29, 0.717) is 37.0 Å². The number of amides is 1.